The predicted molar refractivity (Wildman–Crippen MR) is 64.7 cm³/mol. The zero-order chi connectivity index (χ0) is 15.5. The van der Waals surface area contributed by atoms with E-state index < -0.39 is 18.6 Å². The standard InChI is InChI=1S/C12H11F4N3O2/c13-7-1-2-9(17)8(5-7)11-18-10(19-21-11)3-4-20-6-12(14,15)16/h1-2,5H,3-4,6,17H2. The van der Waals surface area contributed by atoms with Crippen LogP contribution in [0.3, 0.4) is 0 Å². The highest BCUT2D eigenvalue weighted by molar-refractivity contribution is 5.70. The summed E-state index contributed by atoms with van der Waals surface area (Å²) >= 11 is 0. The number of hydrogen-bond donors (Lipinski definition) is 1. The molecule has 1 aromatic carbocycles. The van der Waals surface area contributed by atoms with Gasteiger partial charge in [-0.15, -0.1) is 0 Å². The fourth-order valence-corrected chi connectivity index (χ4v) is 1.53. The lowest BCUT2D eigenvalue weighted by Crippen LogP contribution is -2.18. The van der Waals surface area contributed by atoms with E-state index in [1.165, 1.54) is 12.1 Å². The molecular weight excluding hydrogens is 294 g/mol. The van der Waals surface area contributed by atoms with Crippen LogP contribution in [0.2, 0.25) is 0 Å². The Kier molecular flexibility index (Phi) is 4.41. The van der Waals surface area contributed by atoms with Gasteiger partial charge in [-0.05, 0) is 18.2 Å². The van der Waals surface area contributed by atoms with Crippen LogP contribution in [0, 0.1) is 5.82 Å². The summed E-state index contributed by atoms with van der Waals surface area (Å²) in [6, 6.07) is 3.66. The quantitative estimate of drug-likeness (QED) is 0.522. The lowest BCUT2D eigenvalue weighted by Gasteiger charge is -2.05. The lowest BCUT2D eigenvalue weighted by atomic mass is 10.2. The summed E-state index contributed by atoms with van der Waals surface area (Å²) in [4.78, 5) is 3.93. The van der Waals surface area contributed by atoms with Gasteiger partial charge in [-0.2, -0.15) is 18.2 Å². The minimum absolute atomic E-state index is 0.00202. The van der Waals surface area contributed by atoms with E-state index in [1.54, 1.807) is 0 Å². The summed E-state index contributed by atoms with van der Waals surface area (Å²) in [5.74, 6) is -0.374. The highest BCUT2D eigenvalue weighted by Crippen LogP contribution is 2.25. The molecule has 0 atom stereocenters. The van der Waals surface area contributed by atoms with Crippen molar-refractivity contribution in [3.05, 3.63) is 29.8 Å². The number of alkyl halides is 3. The Morgan fingerprint density at radius 2 is 2.05 bits per heavy atom. The van der Waals surface area contributed by atoms with Gasteiger partial charge in [-0.1, -0.05) is 5.16 Å². The second-order valence-corrected chi connectivity index (χ2v) is 4.17. The SMILES string of the molecule is Nc1ccc(F)cc1-c1nc(CCOCC(F)(F)F)no1. The van der Waals surface area contributed by atoms with Gasteiger partial charge >= 0.3 is 6.18 Å². The summed E-state index contributed by atoms with van der Waals surface area (Å²) in [7, 11) is 0. The van der Waals surface area contributed by atoms with Crippen molar-refractivity contribution in [1.29, 1.82) is 0 Å². The minimum atomic E-state index is -4.38. The molecule has 0 radical (unpaired) electrons. The second kappa shape index (κ2) is 6.08. The first-order chi connectivity index (χ1) is 9.85. The summed E-state index contributed by atoms with van der Waals surface area (Å²) in [5.41, 5.74) is 6.13. The third kappa shape index (κ3) is 4.42. The molecule has 0 saturated carbocycles. The van der Waals surface area contributed by atoms with Crippen molar-refractivity contribution in [3.63, 3.8) is 0 Å². The van der Waals surface area contributed by atoms with Crippen LogP contribution in [-0.2, 0) is 11.2 Å². The Morgan fingerprint density at radius 1 is 1.29 bits per heavy atom. The molecule has 1 heterocycles. The van der Waals surface area contributed by atoms with Gasteiger partial charge < -0.3 is 15.0 Å². The molecular formula is C12H11F4N3O2. The Hall–Kier alpha value is -2.16. The van der Waals surface area contributed by atoms with Crippen LogP contribution in [0.5, 0.6) is 0 Å². The van der Waals surface area contributed by atoms with Crippen molar-refractivity contribution in [2.75, 3.05) is 18.9 Å². The Morgan fingerprint density at radius 3 is 2.76 bits per heavy atom. The fraction of sp³-hybridized carbons (Fsp3) is 0.333. The van der Waals surface area contributed by atoms with Gasteiger partial charge in [0.25, 0.3) is 5.89 Å². The van der Waals surface area contributed by atoms with Crippen LogP contribution in [0.15, 0.2) is 22.7 Å². The maximum atomic E-state index is 13.1. The van der Waals surface area contributed by atoms with Crippen molar-refractivity contribution in [3.8, 4) is 11.5 Å². The number of nitrogens with zero attached hydrogens (tertiary/aromatic N) is 2. The molecule has 0 amide bonds. The average molecular weight is 305 g/mol. The maximum Gasteiger partial charge on any atom is 0.411 e. The first-order valence-electron chi connectivity index (χ1n) is 5.87. The zero-order valence-corrected chi connectivity index (χ0v) is 10.7. The van der Waals surface area contributed by atoms with Crippen molar-refractivity contribution in [2.45, 2.75) is 12.6 Å². The molecule has 0 unspecified atom stereocenters. The molecule has 114 valence electrons. The van der Waals surface area contributed by atoms with Gasteiger partial charge in [0, 0.05) is 12.1 Å². The summed E-state index contributed by atoms with van der Waals surface area (Å²) in [6.07, 6.45) is -4.34. The molecule has 0 aliphatic rings. The molecule has 21 heavy (non-hydrogen) atoms. The van der Waals surface area contributed by atoms with Crippen LogP contribution >= 0.6 is 0 Å². The van der Waals surface area contributed by atoms with Gasteiger partial charge in [0.2, 0.25) is 0 Å². The molecule has 0 fully saturated rings. The minimum Gasteiger partial charge on any atom is -0.398 e. The van der Waals surface area contributed by atoms with Crippen LogP contribution in [-0.4, -0.2) is 29.5 Å². The van der Waals surface area contributed by atoms with Gasteiger partial charge in [0.15, 0.2) is 5.82 Å². The molecule has 5 nitrogen and oxygen atoms in total. The van der Waals surface area contributed by atoms with Crippen molar-refractivity contribution in [1.82, 2.24) is 10.1 Å². The fourth-order valence-electron chi connectivity index (χ4n) is 1.53. The Labute approximate surface area is 116 Å². The molecule has 2 rings (SSSR count). The third-order valence-electron chi connectivity index (χ3n) is 2.45. The van der Waals surface area contributed by atoms with Gasteiger partial charge in [0.05, 0.1) is 12.2 Å². The topological polar surface area (TPSA) is 74.2 Å². The van der Waals surface area contributed by atoms with Crippen molar-refractivity contribution in [2.24, 2.45) is 0 Å². The molecule has 0 aliphatic carbocycles. The molecule has 2 N–H and O–H groups in total. The molecule has 1 aromatic heterocycles. The number of nitrogen functional groups attached to an aromatic ring is 1. The van der Waals surface area contributed by atoms with E-state index in [2.05, 4.69) is 14.9 Å². The molecule has 0 bridgehead atoms. The number of halogens is 4. The number of benzene rings is 1. The third-order valence-corrected chi connectivity index (χ3v) is 2.45. The predicted octanol–water partition coefficient (Wildman–Crippen LogP) is 2.58. The first-order valence-corrected chi connectivity index (χ1v) is 5.87. The number of nitrogens with two attached hydrogens (primary N) is 1. The summed E-state index contributed by atoms with van der Waals surface area (Å²) in [5, 5.41) is 3.57. The average Bonchev–Trinajstić information content (AvgIpc) is 2.85. The van der Waals surface area contributed by atoms with E-state index in [0.29, 0.717) is 0 Å². The van der Waals surface area contributed by atoms with Gasteiger partial charge in [-0.3, -0.25) is 0 Å². The second-order valence-electron chi connectivity index (χ2n) is 4.17. The monoisotopic (exact) mass is 305 g/mol. The number of rotatable bonds is 5. The van der Waals surface area contributed by atoms with Gasteiger partial charge in [-0.25, -0.2) is 4.39 Å². The van der Waals surface area contributed by atoms with E-state index in [9.17, 15) is 17.6 Å². The van der Waals surface area contributed by atoms with E-state index >= 15 is 0 Å². The van der Waals surface area contributed by atoms with E-state index in [4.69, 9.17) is 10.3 Å². The molecule has 9 heteroatoms. The number of anilines is 1. The highest BCUT2D eigenvalue weighted by Gasteiger charge is 2.27. The molecule has 0 spiro atoms. The highest BCUT2D eigenvalue weighted by atomic mass is 19.4. The van der Waals surface area contributed by atoms with Crippen LogP contribution in [0.25, 0.3) is 11.5 Å². The van der Waals surface area contributed by atoms with Crippen LogP contribution < -0.4 is 5.73 Å². The molecule has 0 saturated heterocycles. The Bertz CT molecular complexity index is 613. The number of aromatic nitrogens is 2. The van der Waals surface area contributed by atoms with E-state index in [-0.39, 0.29) is 36.0 Å². The molecule has 0 aliphatic heterocycles. The van der Waals surface area contributed by atoms with E-state index in [1.807, 2.05) is 0 Å². The number of ether oxygens (including phenoxy) is 1. The van der Waals surface area contributed by atoms with E-state index in [0.717, 1.165) is 6.07 Å². The van der Waals surface area contributed by atoms with Crippen molar-refractivity contribution < 1.29 is 26.8 Å². The smallest absolute Gasteiger partial charge is 0.398 e. The lowest BCUT2D eigenvalue weighted by molar-refractivity contribution is -0.173. The summed E-state index contributed by atoms with van der Waals surface area (Å²) < 4.78 is 58.1. The first kappa shape index (κ1) is 15.2. The molecule has 2 aromatic rings. The maximum absolute atomic E-state index is 13.1. The van der Waals surface area contributed by atoms with Crippen LogP contribution in [0.1, 0.15) is 5.82 Å². The normalized spacial score (nSPS) is 11.8. The van der Waals surface area contributed by atoms with Crippen LogP contribution in [0.4, 0.5) is 23.2 Å². The van der Waals surface area contributed by atoms with Crippen molar-refractivity contribution >= 4 is 5.69 Å². The largest absolute Gasteiger partial charge is 0.411 e. The Balaban J connectivity index is 1.97. The number of hydrogen-bond acceptors (Lipinski definition) is 5. The van der Waals surface area contributed by atoms with Gasteiger partial charge in [0.1, 0.15) is 12.4 Å². The zero-order valence-electron chi connectivity index (χ0n) is 10.7. The summed E-state index contributed by atoms with van der Waals surface area (Å²) in [6.45, 7) is -1.55.